The maximum atomic E-state index is 2.60. The maximum Gasteiger partial charge on any atom is 0.220 e. The summed E-state index contributed by atoms with van der Waals surface area (Å²) in [6.45, 7) is 21.9. The van der Waals surface area contributed by atoms with Crippen molar-refractivity contribution in [2.75, 3.05) is 0 Å². The molecule has 0 bridgehead atoms. The lowest BCUT2D eigenvalue weighted by Gasteiger charge is -2.50. The molecule has 1 aromatic heterocycles. The molecule has 0 spiro atoms. The lowest BCUT2D eigenvalue weighted by molar-refractivity contribution is -0.659. The molecule has 0 atom stereocenters. The molecule has 35 heavy (non-hydrogen) atoms. The van der Waals surface area contributed by atoms with Crippen LogP contribution < -0.4 is 9.75 Å². The third-order valence-corrected chi connectivity index (χ3v) is 17.2. The first-order valence-corrected chi connectivity index (χ1v) is 16.3. The van der Waals surface area contributed by atoms with Gasteiger partial charge in [0.15, 0.2) is 6.20 Å². The molecule has 188 valence electrons. The standard InChI is InChI=1S/C33H48NSi/c1-23-20-27(25-14-12-11-13-15-25)22-30(24(23)2)31-29-17-16-28(21-26(29)18-19-34(31)9)35(10,32(3,4)5)33(6,7)8/h16-22,25H,11-15H2,1-10H3/q+1. The Balaban J connectivity index is 1.92. The molecule has 1 fully saturated rings. The molecule has 0 unspecified atom stereocenters. The van der Waals surface area contributed by atoms with Crippen LogP contribution in [0.1, 0.15) is 96.3 Å². The quantitative estimate of drug-likeness (QED) is 0.257. The third-order valence-electron chi connectivity index (χ3n) is 9.74. The van der Waals surface area contributed by atoms with Crippen molar-refractivity contribution in [2.24, 2.45) is 7.05 Å². The minimum Gasteiger partial charge on any atom is -0.200 e. The van der Waals surface area contributed by atoms with E-state index >= 15 is 0 Å². The SMILES string of the molecule is Cc1cc(C2CCCCC2)cc(-c2c3ccc([Si](C)(C(C)(C)C)C(C)(C)C)cc3cc[n+]2C)c1C. The first kappa shape index (κ1) is 26.1. The molecular formula is C33H48NSi+. The summed E-state index contributed by atoms with van der Waals surface area (Å²) in [5.74, 6) is 0.721. The number of rotatable bonds is 3. The highest BCUT2D eigenvalue weighted by Crippen LogP contribution is 2.50. The Labute approximate surface area is 216 Å². The largest absolute Gasteiger partial charge is 0.220 e. The van der Waals surface area contributed by atoms with E-state index < -0.39 is 8.07 Å². The zero-order valence-corrected chi connectivity index (χ0v) is 25.1. The van der Waals surface area contributed by atoms with Crippen molar-refractivity contribution in [3.05, 3.63) is 59.3 Å². The maximum absolute atomic E-state index is 2.60. The molecule has 4 rings (SSSR count). The van der Waals surface area contributed by atoms with Gasteiger partial charge in [0, 0.05) is 6.07 Å². The molecule has 0 saturated heterocycles. The van der Waals surface area contributed by atoms with E-state index in [2.05, 4.69) is 116 Å². The van der Waals surface area contributed by atoms with Crippen LogP contribution in [-0.2, 0) is 7.05 Å². The van der Waals surface area contributed by atoms with E-state index in [1.807, 2.05) is 0 Å². The second kappa shape index (κ2) is 9.18. The normalized spacial score (nSPS) is 16.2. The van der Waals surface area contributed by atoms with E-state index in [4.69, 9.17) is 0 Å². The lowest BCUT2D eigenvalue weighted by Crippen LogP contribution is -2.58. The lowest BCUT2D eigenvalue weighted by atomic mass is 9.81. The monoisotopic (exact) mass is 486 g/mol. The Morgan fingerprint density at radius 1 is 0.829 bits per heavy atom. The van der Waals surface area contributed by atoms with Crippen molar-refractivity contribution in [2.45, 2.75) is 110 Å². The fourth-order valence-electron chi connectivity index (χ4n) is 6.81. The van der Waals surface area contributed by atoms with Gasteiger partial charge in [0.1, 0.15) is 7.05 Å². The molecule has 0 aliphatic heterocycles. The molecule has 1 aliphatic rings. The summed E-state index contributed by atoms with van der Waals surface area (Å²) in [6.07, 6.45) is 9.12. The molecule has 3 aromatic rings. The summed E-state index contributed by atoms with van der Waals surface area (Å²) in [5, 5.41) is 4.89. The summed E-state index contributed by atoms with van der Waals surface area (Å²) in [7, 11) is 0.402. The Hall–Kier alpha value is -1.93. The van der Waals surface area contributed by atoms with Gasteiger partial charge < -0.3 is 0 Å². The number of hydrogen-bond donors (Lipinski definition) is 0. The van der Waals surface area contributed by atoms with Gasteiger partial charge in [-0.3, -0.25) is 0 Å². The topological polar surface area (TPSA) is 3.88 Å². The van der Waals surface area contributed by atoms with Crippen molar-refractivity contribution < 1.29 is 4.57 Å². The Kier molecular flexibility index (Phi) is 6.86. The molecule has 1 heterocycles. The number of hydrogen-bond acceptors (Lipinski definition) is 0. The van der Waals surface area contributed by atoms with Gasteiger partial charge in [-0.1, -0.05) is 90.7 Å². The fraction of sp³-hybridized carbons (Fsp3) is 0.545. The van der Waals surface area contributed by atoms with E-state index in [0.717, 1.165) is 5.92 Å². The van der Waals surface area contributed by atoms with Crippen molar-refractivity contribution >= 4 is 24.0 Å². The summed E-state index contributed by atoms with van der Waals surface area (Å²) in [5.41, 5.74) is 7.18. The van der Waals surface area contributed by atoms with Gasteiger partial charge in [-0.25, -0.2) is 4.57 Å². The highest BCUT2D eigenvalue weighted by atomic mass is 28.3. The molecule has 1 nitrogen and oxygen atoms in total. The van der Waals surface area contributed by atoms with Gasteiger partial charge in [-0.15, -0.1) is 0 Å². The van der Waals surface area contributed by atoms with Crippen molar-refractivity contribution in [1.29, 1.82) is 0 Å². The summed E-state index contributed by atoms with van der Waals surface area (Å²) < 4.78 is 2.35. The summed E-state index contributed by atoms with van der Waals surface area (Å²) in [6, 6.07) is 14.8. The average Bonchev–Trinajstić information content (AvgIpc) is 2.79. The van der Waals surface area contributed by atoms with Gasteiger partial charge >= 0.3 is 0 Å². The smallest absolute Gasteiger partial charge is 0.200 e. The predicted molar refractivity (Wildman–Crippen MR) is 157 cm³/mol. The van der Waals surface area contributed by atoms with Crippen molar-refractivity contribution in [1.82, 2.24) is 0 Å². The number of aromatic nitrogens is 1. The molecule has 0 radical (unpaired) electrons. The van der Waals surface area contributed by atoms with Crippen LogP contribution in [0.5, 0.6) is 0 Å². The molecule has 0 N–H and O–H groups in total. The van der Waals surface area contributed by atoms with Crippen molar-refractivity contribution in [3.8, 4) is 11.3 Å². The van der Waals surface area contributed by atoms with Crippen LogP contribution >= 0.6 is 0 Å². The zero-order chi connectivity index (χ0) is 25.8. The summed E-state index contributed by atoms with van der Waals surface area (Å²) >= 11 is 0. The first-order chi connectivity index (χ1) is 16.3. The first-order valence-electron chi connectivity index (χ1n) is 13.8. The predicted octanol–water partition coefficient (Wildman–Crippen LogP) is 8.88. The highest BCUT2D eigenvalue weighted by molar-refractivity contribution is 6.95. The van der Waals surface area contributed by atoms with Crippen LogP contribution in [-0.4, -0.2) is 8.07 Å². The van der Waals surface area contributed by atoms with Crippen LogP contribution in [0.15, 0.2) is 42.6 Å². The van der Waals surface area contributed by atoms with E-state index in [1.165, 1.54) is 65.3 Å². The number of nitrogens with zero attached hydrogens (tertiary/aromatic N) is 1. The van der Waals surface area contributed by atoms with Crippen LogP contribution in [0.4, 0.5) is 0 Å². The third kappa shape index (κ3) is 4.52. The minimum atomic E-state index is -1.81. The van der Waals surface area contributed by atoms with E-state index in [0.29, 0.717) is 0 Å². The Morgan fingerprint density at radius 3 is 2.06 bits per heavy atom. The number of benzene rings is 2. The van der Waals surface area contributed by atoms with Gasteiger partial charge in [-0.2, -0.15) is 0 Å². The van der Waals surface area contributed by atoms with E-state index in [-0.39, 0.29) is 10.1 Å². The van der Waals surface area contributed by atoms with Crippen molar-refractivity contribution in [3.63, 3.8) is 0 Å². The molecule has 0 amide bonds. The molecule has 2 heteroatoms. The average molecular weight is 487 g/mol. The molecule has 2 aromatic carbocycles. The highest BCUT2D eigenvalue weighted by Gasteiger charge is 2.50. The molecule has 1 saturated carbocycles. The number of fused-ring (bicyclic) bond motifs is 1. The van der Waals surface area contributed by atoms with Gasteiger partial charge in [0.2, 0.25) is 5.69 Å². The van der Waals surface area contributed by atoms with E-state index in [1.54, 1.807) is 10.8 Å². The number of aryl methyl sites for hydroxylation is 2. The van der Waals surface area contributed by atoms with Gasteiger partial charge in [0.25, 0.3) is 0 Å². The summed E-state index contributed by atoms with van der Waals surface area (Å²) in [4.78, 5) is 0. The van der Waals surface area contributed by atoms with Gasteiger partial charge in [0.05, 0.1) is 19.0 Å². The fourth-order valence-corrected chi connectivity index (χ4v) is 11.7. The zero-order valence-electron chi connectivity index (χ0n) is 24.1. The molecule has 1 aliphatic carbocycles. The molecular weight excluding hydrogens is 438 g/mol. The van der Waals surface area contributed by atoms with E-state index in [9.17, 15) is 0 Å². The van der Waals surface area contributed by atoms with Crippen LogP contribution in [0.3, 0.4) is 0 Å². The van der Waals surface area contributed by atoms with Crippen LogP contribution in [0.2, 0.25) is 16.6 Å². The Bertz CT molecular complexity index is 1220. The minimum absolute atomic E-state index is 0.281. The van der Waals surface area contributed by atoms with Crippen LogP contribution in [0.25, 0.3) is 22.0 Å². The second-order valence-corrected chi connectivity index (χ2v) is 19.4. The Morgan fingerprint density at radius 2 is 1.46 bits per heavy atom. The second-order valence-electron chi connectivity index (χ2n) is 13.5. The number of pyridine rings is 1. The van der Waals surface area contributed by atoms with Gasteiger partial charge in [-0.05, 0) is 76.9 Å². The van der Waals surface area contributed by atoms with Crippen LogP contribution in [0, 0.1) is 13.8 Å².